The first-order chi connectivity index (χ1) is 7.81. The number of aromatic nitrogens is 4. The van der Waals surface area contributed by atoms with Crippen LogP contribution in [0.25, 0.3) is 0 Å². The van der Waals surface area contributed by atoms with Gasteiger partial charge in [0.25, 0.3) is 0 Å². The number of hydrogen-bond donors (Lipinski definition) is 1. The highest BCUT2D eigenvalue weighted by molar-refractivity contribution is 7.99. The molecule has 0 unspecified atom stereocenters. The van der Waals surface area contributed by atoms with Crippen molar-refractivity contribution in [1.82, 2.24) is 25.5 Å². The third-order valence-corrected chi connectivity index (χ3v) is 3.01. The average Bonchev–Trinajstić information content (AvgIpc) is 3.03. The van der Waals surface area contributed by atoms with Crippen LogP contribution in [0, 0.1) is 12.3 Å². The lowest BCUT2D eigenvalue weighted by molar-refractivity contribution is -0.118. The van der Waals surface area contributed by atoms with E-state index in [-0.39, 0.29) is 18.2 Å². The molecule has 1 aliphatic carbocycles. The van der Waals surface area contributed by atoms with Crippen molar-refractivity contribution in [2.75, 3.05) is 12.3 Å². The summed E-state index contributed by atoms with van der Waals surface area (Å²) in [6.45, 7) is 0.257. The molecule has 0 atom stereocenters. The summed E-state index contributed by atoms with van der Waals surface area (Å²) < 4.78 is 1.78. The molecular formula is C9H11N5OS. The van der Waals surface area contributed by atoms with Crippen LogP contribution in [-0.2, 0) is 4.79 Å². The van der Waals surface area contributed by atoms with Gasteiger partial charge in [-0.15, -0.1) is 11.5 Å². The number of tetrazole rings is 1. The van der Waals surface area contributed by atoms with Gasteiger partial charge in [0.05, 0.1) is 18.3 Å². The van der Waals surface area contributed by atoms with Crippen molar-refractivity contribution in [2.24, 2.45) is 0 Å². The second-order valence-corrected chi connectivity index (χ2v) is 4.35. The van der Waals surface area contributed by atoms with Crippen LogP contribution in [-0.4, -0.2) is 38.4 Å². The van der Waals surface area contributed by atoms with Crippen molar-refractivity contribution < 1.29 is 4.79 Å². The number of carbonyl (C=O) groups excluding carboxylic acids is 1. The van der Waals surface area contributed by atoms with Crippen molar-refractivity contribution in [3.63, 3.8) is 0 Å². The number of nitrogens with zero attached hydrogens (tertiary/aromatic N) is 4. The molecule has 1 saturated carbocycles. The Bertz CT molecular complexity index is 420. The maximum Gasteiger partial charge on any atom is 0.231 e. The highest BCUT2D eigenvalue weighted by Gasteiger charge is 2.27. The predicted molar refractivity (Wildman–Crippen MR) is 58.7 cm³/mol. The van der Waals surface area contributed by atoms with Crippen molar-refractivity contribution in [3.8, 4) is 12.3 Å². The summed E-state index contributed by atoms with van der Waals surface area (Å²) in [7, 11) is 0. The molecule has 1 amide bonds. The molecule has 1 fully saturated rings. The van der Waals surface area contributed by atoms with E-state index in [0.717, 1.165) is 12.8 Å². The summed E-state index contributed by atoms with van der Waals surface area (Å²) >= 11 is 1.33. The molecule has 6 nitrogen and oxygen atoms in total. The molecule has 1 heterocycles. The molecule has 0 saturated heterocycles. The van der Waals surface area contributed by atoms with Gasteiger partial charge in [-0.3, -0.25) is 4.79 Å². The number of hydrogen-bond acceptors (Lipinski definition) is 5. The van der Waals surface area contributed by atoms with Gasteiger partial charge in [0, 0.05) is 0 Å². The third kappa shape index (κ3) is 2.73. The fourth-order valence-electron chi connectivity index (χ4n) is 1.16. The molecule has 0 bridgehead atoms. The second kappa shape index (κ2) is 4.99. The Balaban J connectivity index is 1.82. The monoisotopic (exact) mass is 237 g/mol. The van der Waals surface area contributed by atoms with E-state index >= 15 is 0 Å². The van der Waals surface area contributed by atoms with Crippen LogP contribution >= 0.6 is 11.8 Å². The summed E-state index contributed by atoms with van der Waals surface area (Å²) in [6.07, 6.45) is 7.26. The highest BCUT2D eigenvalue weighted by Crippen LogP contribution is 2.36. The van der Waals surface area contributed by atoms with Gasteiger partial charge in [-0.25, -0.2) is 4.68 Å². The van der Waals surface area contributed by atoms with Crippen LogP contribution < -0.4 is 5.32 Å². The lowest BCUT2D eigenvalue weighted by Gasteiger charge is -2.02. The zero-order chi connectivity index (χ0) is 11.4. The van der Waals surface area contributed by atoms with Gasteiger partial charge in [-0.05, 0) is 23.3 Å². The molecule has 0 aliphatic heterocycles. The average molecular weight is 237 g/mol. The molecule has 1 N–H and O–H groups in total. The topological polar surface area (TPSA) is 72.7 Å². The zero-order valence-corrected chi connectivity index (χ0v) is 9.40. The van der Waals surface area contributed by atoms with E-state index in [1.165, 1.54) is 11.8 Å². The minimum atomic E-state index is -0.103. The van der Waals surface area contributed by atoms with E-state index in [2.05, 4.69) is 26.8 Å². The van der Waals surface area contributed by atoms with Crippen LogP contribution in [0.3, 0.4) is 0 Å². The molecule has 0 radical (unpaired) electrons. The first-order valence-electron chi connectivity index (χ1n) is 4.92. The normalized spacial score (nSPS) is 14.4. The number of terminal acetylenes is 1. The number of amides is 1. The van der Waals surface area contributed by atoms with Gasteiger partial charge in [0.15, 0.2) is 0 Å². The van der Waals surface area contributed by atoms with Gasteiger partial charge in [0.1, 0.15) is 0 Å². The summed E-state index contributed by atoms with van der Waals surface area (Å²) in [5.41, 5.74) is 0. The molecule has 0 spiro atoms. The van der Waals surface area contributed by atoms with E-state index in [4.69, 9.17) is 6.42 Å². The van der Waals surface area contributed by atoms with Gasteiger partial charge < -0.3 is 5.32 Å². The van der Waals surface area contributed by atoms with Crippen molar-refractivity contribution in [3.05, 3.63) is 0 Å². The lowest BCUT2D eigenvalue weighted by atomic mass is 10.6. The molecule has 1 aliphatic rings. The lowest BCUT2D eigenvalue weighted by Crippen LogP contribution is -2.25. The fourth-order valence-corrected chi connectivity index (χ4v) is 1.93. The number of nitrogens with one attached hydrogen (secondary N) is 1. The van der Waals surface area contributed by atoms with Gasteiger partial charge in [0.2, 0.25) is 11.1 Å². The third-order valence-electron chi connectivity index (χ3n) is 2.08. The Hall–Kier alpha value is -1.55. The molecule has 2 rings (SSSR count). The van der Waals surface area contributed by atoms with Crippen LogP contribution in [0.5, 0.6) is 0 Å². The smallest absolute Gasteiger partial charge is 0.231 e. The Morgan fingerprint density at radius 2 is 2.50 bits per heavy atom. The SMILES string of the molecule is C#CCNC(=O)CSc1nnnn1C1CC1. The van der Waals surface area contributed by atoms with E-state index in [1.807, 2.05) is 0 Å². The molecule has 7 heteroatoms. The van der Waals surface area contributed by atoms with Gasteiger partial charge in [-0.2, -0.15) is 0 Å². The van der Waals surface area contributed by atoms with Crippen LogP contribution in [0.15, 0.2) is 5.16 Å². The minimum absolute atomic E-state index is 0.103. The first kappa shape index (κ1) is 11.0. The van der Waals surface area contributed by atoms with E-state index in [0.29, 0.717) is 11.2 Å². The van der Waals surface area contributed by atoms with E-state index in [9.17, 15) is 4.79 Å². The zero-order valence-electron chi connectivity index (χ0n) is 8.59. The Morgan fingerprint density at radius 3 is 3.19 bits per heavy atom. The Kier molecular flexibility index (Phi) is 3.41. The maximum absolute atomic E-state index is 11.3. The Morgan fingerprint density at radius 1 is 1.69 bits per heavy atom. The largest absolute Gasteiger partial charge is 0.344 e. The van der Waals surface area contributed by atoms with Crippen molar-refractivity contribution >= 4 is 17.7 Å². The van der Waals surface area contributed by atoms with Crippen molar-refractivity contribution in [2.45, 2.75) is 24.0 Å². The molecule has 0 aromatic carbocycles. The highest BCUT2D eigenvalue weighted by atomic mass is 32.2. The number of carbonyl (C=O) groups is 1. The predicted octanol–water partition coefficient (Wildman–Crippen LogP) is -0.151. The first-order valence-corrected chi connectivity index (χ1v) is 5.90. The minimum Gasteiger partial charge on any atom is -0.344 e. The Labute approximate surface area is 97.2 Å². The van der Waals surface area contributed by atoms with Crippen LogP contribution in [0.1, 0.15) is 18.9 Å². The molecule has 1 aromatic heterocycles. The van der Waals surface area contributed by atoms with E-state index < -0.39 is 0 Å². The van der Waals surface area contributed by atoms with Crippen LogP contribution in [0.2, 0.25) is 0 Å². The molecular weight excluding hydrogens is 226 g/mol. The molecule has 1 aromatic rings. The summed E-state index contributed by atoms with van der Waals surface area (Å²) in [5.74, 6) is 2.53. The summed E-state index contributed by atoms with van der Waals surface area (Å²) in [5, 5.41) is 14.6. The summed E-state index contributed by atoms with van der Waals surface area (Å²) in [6, 6.07) is 0.422. The molecule has 84 valence electrons. The standard InChI is InChI=1S/C9H11N5OS/c1-2-5-10-8(15)6-16-9-11-12-13-14(9)7-3-4-7/h1,7H,3-6H2,(H,10,15). The molecule has 16 heavy (non-hydrogen) atoms. The fraction of sp³-hybridized carbons (Fsp3) is 0.556. The maximum atomic E-state index is 11.3. The van der Waals surface area contributed by atoms with Crippen molar-refractivity contribution in [1.29, 1.82) is 0 Å². The quantitative estimate of drug-likeness (QED) is 0.569. The van der Waals surface area contributed by atoms with Gasteiger partial charge in [-0.1, -0.05) is 17.7 Å². The summed E-state index contributed by atoms with van der Waals surface area (Å²) in [4.78, 5) is 11.3. The number of rotatable bonds is 5. The van der Waals surface area contributed by atoms with Gasteiger partial charge >= 0.3 is 0 Å². The van der Waals surface area contributed by atoms with E-state index in [1.54, 1.807) is 4.68 Å². The number of thioether (sulfide) groups is 1. The second-order valence-electron chi connectivity index (χ2n) is 3.41. The van der Waals surface area contributed by atoms with Crippen LogP contribution in [0.4, 0.5) is 0 Å².